The number of methoxy groups -OCH3 is 1. The van der Waals surface area contributed by atoms with Crippen molar-refractivity contribution in [3.05, 3.63) is 81.9 Å². The minimum absolute atomic E-state index is 0.310. The van der Waals surface area contributed by atoms with Gasteiger partial charge in [0.2, 0.25) is 0 Å². The molecule has 4 aromatic rings. The molecule has 0 saturated carbocycles. The quantitative estimate of drug-likeness (QED) is 0.260. The monoisotopic (exact) mass is 404 g/mol. The summed E-state index contributed by atoms with van der Waals surface area (Å²) in [5.74, 6) is 0.465. The number of rotatable bonds is 5. The summed E-state index contributed by atoms with van der Waals surface area (Å²) in [7, 11) is 1.64. The van der Waals surface area contributed by atoms with Gasteiger partial charge in [0.15, 0.2) is 5.75 Å². The van der Waals surface area contributed by atoms with Gasteiger partial charge in [-0.25, -0.2) is 4.98 Å². The van der Waals surface area contributed by atoms with Crippen LogP contribution in [0.4, 0.5) is 5.69 Å². The average molecular weight is 404 g/mol. The van der Waals surface area contributed by atoms with Gasteiger partial charge in [-0.3, -0.25) is 10.1 Å². The fraction of sp³-hybridized carbons (Fsp3) is 0.0455. The molecule has 0 fully saturated rings. The van der Waals surface area contributed by atoms with E-state index in [1.165, 1.54) is 12.1 Å². The lowest BCUT2D eigenvalue weighted by Gasteiger charge is -1.99. The summed E-state index contributed by atoms with van der Waals surface area (Å²) in [6.07, 6.45) is 3.63. The van der Waals surface area contributed by atoms with Crippen LogP contribution in [0.5, 0.6) is 11.5 Å². The minimum Gasteiger partial charge on any atom is -0.502 e. The summed E-state index contributed by atoms with van der Waals surface area (Å²) in [4.78, 5) is 15.0. The smallest absolute Gasteiger partial charge is 0.311 e. The summed E-state index contributed by atoms with van der Waals surface area (Å²) < 4.78 is 6.33. The third-order valence-electron chi connectivity index (χ3n) is 4.42. The zero-order valence-electron chi connectivity index (χ0n) is 15.4. The van der Waals surface area contributed by atoms with Gasteiger partial charge in [0.05, 0.1) is 22.2 Å². The third kappa shape index (κ3) is 3.95. The van der Waals surface area contributed by atoms with Gasteiger partial charge in [0, 0.05) is 11.6 Å². The summed E-state index contributed by atoms with van der Waals surface area (Å²) >= 11 is 1.60. The van der Waals surface area contributed by atoms with Crippen molar-refractivity contribution >= 4 is 39.4 Å². The van der Waals surface area contributed by atoms with E-state index in [2.05, 4.69) is 4.98 Å². The largest absolute Gasteiger partial charge is 0.502 e. The molecule has 0 radical (unpaired) electrons. The van der Waals surface area contributed by atoms with Crippen LogP contribution in [-0.2, 0) is 0 Å². The van der Waals surface area contributed by atoms with Crippen molar-refractivity contribution in [3.63, 3.8) is 0 Å². The van der Waals surface area contributed by atoms with Crippen molar-refractivity contribution in [1.82, 2.24) is 4.98 Å². The fourth-order valence-corrected chi connectivity index (χ4v) is 3.87. The van der Waals surface area contributed by atoms with Gasteiger partial charge in [-0.05, 0) is 35.4 Å². The van der Waals surface area contributed by atoms with Crippen LogP contribution < -0.4 is 4.74 Å². The SMILES string of the molecule is COc1ccc2nc(-c3ccc(C=Cc4ccc(O)c([N+](=O)[O-])c4)cc3)sc2c1. The number of nitro benzene ring substituents is 1. The van der Waals surface area contributed by atoms with Gasteiger partial charge in [0.25, 0.3) is 0 Å². The molecule has 0 saturated heterocycles. The number of hydrogen-bond acceptors (Lipinski definition) is 6. The summed E-state index contributed by atoms with van der Waals surface area (Å²) in [6.45, 7) is 0. The number of phenolic OH excluding ortho intramolecular Hbond substituents is 1. The molecule has 0 unspecified atom stereocenters. The third-order valence-corrected chi connectivity index (χ3v) is 5.48. The second kappa shape index (κ2) is 7.73. The standard InChI is InChI=1S/C22H16N2O4S/c1-28-17-9-10-18-21(13-17)29-22(23-18)16-7-4-14(5-8-16)2-3-15-6-11-20(25)19(12-15)24(26)27/h2-13,25H,1H3. The second-order valence-corrected chi connectivity index (χ2v) is 7.34. The van der Waals surface area contributed by atoms with E-state index >= 15 is 0 Å². The number of thiazole rings is 1. The molecule has 1 heterocycles. The van der Waals surface area contributed by atoms with Crippen molar-refractivity contribution in [2.45, 2.75) is 0 Å². The van der Waals surface area contributed by atoms with Crippen LogP contribution in [0.3, 0.4) is 0 Å². The van der Waals surface area contributed by atoms with Crippen LogP contribution in [-0.4, -0.2) is 22.1 Å². The molecule has 0 atom stereocenters. The van der Waals surface area contributed by atoms with Crippen LogP contribution in [0.25, 0.3) is 32.9 Å². The van der Waals surface area contributed by atoms with Crippen molar-refractivity contribution in [3.8, 4) is 22.1 Å². The topological polar surface area (TPSA) is 85.5 Å². The molecule has 7 heteroatoms. The number of phenols is 1. The Bertz CT molecular complexity index is 1230. The second-order valence-electron chi connectivity index (χ2n) is 6.31. The number of hydrogen-bond donors (Lipinski definition) is 1. The van der Waals surface area contributed by atoms with Gasteiger partial charge in [0.1, 0.15) is 10.8 Å². The highest BCUT2D eigenvalue weighted by Gasteiger charge is 2.12. The number of nitrogens with zero attached hydrogens (tertiary/aromatic N) is 2. The molecule has 1 aromatic heterocycles. The predicted octanol–water partition coefficient (Wildman–Crippen LogP) is 5.76. The zero-order chi connectivity index (χ0) is 20.4. The van der Waals surface area contributed by atoms with Crippen LogP contribution in [0, 0.1) is 10.1 Å². The molecular weight excluding hydrogens is 388 g/mol. The first kappa shape index (κ1) is 18.6. The number of ether oxygens (including phenoxy) is 1. The molecule has 144 valence electrons. The van der Waals surface area contributed by atoms with E-state index < -0.39 is 4.92 Å². The molecular formula is C22H16N2O4S. The van der Waals surface area contributed by atoms with Gasteiger partial charge in [-0.1, -0.05) is 42.5 Å². The molecule has 4 rings (SSSR count). The lowest BCUT2D eigenvalue weighted by atomic mass is 10.1. The lowest BCUT2D eigenvalue weighted by Crippen LogP contribution is -1.88. The van der Waals surface area contributed by atoms with Crippen molar-refractivity contribution in [1.29, 1.82) is 0 Å². The van der Waals surface area contributed by atoms with E-state index in [0.29, 0.717) is 5.56 Å². The van der Waals surface area contributed by atoms with E-state index in [9.17, 15) is 15.2 Å². The van der Waals surface area contributed by atoms with Gasteiger partial charge >= 0.3 is 5.69 Å². The Hall–Kier alpha value is -3.71. The Morgan fingerprint density at radius 3 is 2.48 bits per heavy atom. The first-order chi connectivity index (χ1) is 14.0. The lowest BCUT2D eigenvalue weighted by molar-refractivity contribution is -0.385. The van der Waals surface area contributed by atoms with E-state index in [1.807, 2.05) is 48.5 Å². The van der Waals surface area contributed by atoms with Gasteiger partial charge in [-0.15, -0.1) is 11.3 Å². The Labute approximate surface area is 170 Å². The van der Waals surface area contributed by atoms with E-state index in [4.69, 9.17) is 4.74 Å². The van der Waals surface area contributed by atoms with Gasteiger partial charge in [-0.2, -0.15) is 0 Å². The Morgan fingerprint density at radius 2 is 1.76 bits per heavy atom. The van der Waals surface area contributed by atoms with Crippen molar-refractivity contribution in [2.75, 3.05) is 7.11 Å². The number of fused-ring (bicyclic) bond motifs is 1. The molecule has 3 aromatic carbocycles. The summed E-state index contributed by atoms with van der Waals surface area (Å²) in [5.41, 5.74) is 3.23. The molecule has 0 bridgehead atoms. The highest BCUT2D eigenvalue weighted by atomic mass is 32.1. The molecule has 0 spiro atoms. The van der Waals surface area contributed by atoms with Crippen molar-refractivity contribution in [2.24, 2.45) is 0 Å². The van der Waals surface area contributed by atoms with E-state index in [1.54, 1.807) is 30.6 Å². The van der Waals surface area contributed by atoms with Crippen LogP contribution in [0.15, 0.2) is 60.7 Å². The summed E-state index contributed by atoms with van der Waals surface area (Å²) in [5, 5.41) is 21.4. The Morgan fingerprint density at radius 1 is 1.03 bits per heavy atom. The summed E-state index contributed by atoms with van der Waals surface area (Å²) in [6, 6.07) is 18.0. The number of aromatic hydroxyl groups is 1. The van der Waals surface area contributed by atoms with Crippen LogP contribution >= 0.6 is 11.3 Å². The first-order valence-electron chi connectivity index (χ1n) is 8.74. The number of aromatic nitrogens is 1. The maximum absolute atomic E-state index is 10.9. The van der Waals surface area contributed by atoms with Crippen LogP contribution in [0.1, 0.15) is 11.1 Å². The Kier molecular flexibility index (Phi) is 4.97. The normalized spacial score (nSPS) is 11.2. The van der Waals surface area contributed by atoms with E-state index in [-0.39, 0.29) is 11.4 Å². The number of benzene rings is 3. The molecule has 29 heavy (non-hydrogen) atoms. The molecule has 0 aliphatic heterocycles. The molecule has 0 aliphatic rings. The first-order valence-corrected chi connectivity index (χ1v) is 9.55. The average Bonchev–Trinajstić information content (AvgIpc) is 3.16. The zero-order valence-corrected chi connectivity index (χ0v) is 16.2. The van der Waals surface area contributed by atoms with Crippen LogP contribution in [0.2, 0.25) is 0 Å². The maximum atomic E-state index is 10.9. The van der Waals surface area contributed by atoms with Crippen molar-refractivity contribution < 1.29 is 14.8 Å². The molecule has 1 N–H and O–H groups in total. The maximum Gasteiger partial charge on any atom is 0.311 e. The molecule has 0 amide bonds. The molecule has 0 aliphatic carbocycles. The highest BCUT2D eigenvalue weighted by Crippen LogP contribution is 2.32. The molecule has 6 nitrogen and oxygen atoms in total. The predicted molar refractivity (Wildman–Crippen MR) is 115 cm³/mol. The number of nitro groups is 1. The minimum atomic E-state index is -0.602. The van der Waals surface area contributed by atoms with E-state index in [0.717, 1.165) is 32.1 Å². The fourth-order valence-electron chi connectivity index (χ4n) is 2.88. The Balaban J connectivity index is 1.56. The highest BCUT2D eigenvalue weighted by molar-refractivity contribution is 7.21. The van der Waals surface area contributed by atoms with Gasteiger partial charge < -0.3 is 9.84 Å².